The van der Waals surface area contributed by atoms with Crippen molar-refractivity contribution in [3.63, 3.8) is 0 Å². The number of ether oxygens (including phenoxy) is 1. The van der Waals surface area contributed by atoms with Crippen molar-refractivity contribution in [2.24, 2.45) is 11.7 Å². The van der Waals surface area contributed by atoms with E-state index in [1.807, 2.05) is 11.8 Å². The minimum Gasteiger partial charge on any atom is -0.484 e. The monoisotopic (exact) mass is 316 g/mol. The van der Waals surface area contributed by atoms with Crippen LogP contribution in [0, 0.1) is 5.92 Å². The van der Waals surface area contributed by atoms with Crippen molar-refractivity contribution in [3.05, 3.63) is 28.2 Å². The Bertz CT molecular complexity index is 476. The number of rotatable bonds is 4. The number of amides is 1. The maximum absolute atomic E-state index is 12.2. The molecule has 0 spiro atoms. The molecule has 110 valence electrons. The molecule has 0 aliphatic carbocycles. The lowest BCUT2D eigenvalue weighted by atomic mass is 10.1. The molecule has 0 bridgehead atoms. The van der Waals surface area contributed by atoms with E-state index in [0.29, 0.717) is 34.8 Å². The Labute approximate surface area is 128 Å². The summed E-state index contributed by atoms with van der Waals surface area (Å²) in [7, 11) is 0. The number of likely N-dealkylation sites (tertiary alicyclic amines) is 1. The van der Waals surface area contributed by atoms with E-state index in [9.17, 15) is 4.79 Å². The summed E-state index contributed by atoms with van der Waals surface area (Å²) in [6.45, 7) is 3.33. The van der Waals surface area contributed by atoms with Crippen molar-refractivity contribution in [2.75, 3.05) is 19.7 Å². The molecule has 1 saturated heterocycles. The molecule has 0 saturated carbocycles. The van der Waals surface area contributed by atoms with Crippen LogP contribution in [0.1, 0.15) is 13.3 Å². The lowest BCUT2D eigenvalue weighted by molar-refractivity contribution is -0.134. The highest BCUT2D eigenvalue weighted by Gasteiger charge is 2.31. The van der Waals surface area contributed by atoms with Gasteiger partial charge < -0.3 is 15.4 Å². The number of hydrogen-bond donors (Lipinski definition) is 1. The first-order valence-electron chi connectivity index (χ1n) is 6.58. The summed E-state index contributed by atoms with van der Waals surface area (Å²) in [4.78, 5) is 14.0. The Morgan fingerprint density at radius 3 is 2.60 bits per heavy atom. The first kappa shape index (κ1) is 15.4. The second kappa shape index (κ2) is 6.66. The smallest absolute Gasteiger partial charge is 0.260 e. The SMILES string of the molecule is CC1CC(CN)CN1C(=O)COc1cc(Cl)cc(Cl)c1. The second-order valence-corrected chi connectivity index (χ2v) is 6.00. The molecule has 1 amide bonds. The Morgan fingerprint density at radius 2 is 2.05 bits per heavy atom. The maximum atomic E-state index is 12.2. The van der Waals surface area contributed by atoms with Crippen molar-refractivity contribution in [3.8, 4) is 5.75 Å². The van der Waals surface area contributed by atoms with Crippen LogP contribution in [0.15, 0.2) is 18.2 Å². The number of nitrogens with zero attached hydrogens (tertiary/aromatic N) is 1. The maximum Gasteiger partial charge on any atom is 0.260 e. The summed E-state index contributed by atoms with van der Waals surface area (Å²) in [6.07, 6.45) is 0.950. The molecule has 4 nitrogen and oxygen atoms in total. The van der Waals surface area contributed by atoms with Crippen LogP contribution in [0.5, 0.6) is 5.75 Å². The third kappa shape index (κ3) is 3.78. The van der Waals surface area contributed by atoms with Gasteiger partial charge in [-0.15, -0.1) is 0 Å². The van der Waals surface area contributed by atoms with E-state index in [1.54, 1.807) is 18.2 Å². The average molecular weight is 317 g/mol. The van der Waals surface area contributed by atoms with Gasteiger partial charge in [0.1, 0.15) is 5.75 Å². The first-order chi connectivity index (χ1) is 9.49. The molecule has 1 aromatic rings. The van der Waals surface area contributed by atoms with Gasteiger partial charge in [-0.25, -0.2) is 0 Å². The molecule has 2 unspecified atom stereocenters. The predicted molar refractivity (Wildman–Crippen MR) is 80.3 cm³/mol. The molecule has 1 fully saturated rings. The highest BCUT2D eigenvalue weighted by atomic mass is 35.5. The molecule has 0 aromatic heterocycles. The zero-order valence-electron chi connectivity index (χ0n) is 11.3. The molecule has 1 heterocycles. The topological polar surface area (TPSA) is 55.6 Å². The van der Waals surface area contributed by atoms with Crippen LogP contribution in [-0.2, 0) is 4.79 Å². The van der Waals surface area contributed by atoms with Gasteiger partial charge in [0.05, 0.1) is 0 Å². The second-order valence-electron chi connectivity index (χ2n) is 5.13. The average Bonchev–Trinajstić information content (AvgIpc) is 2.76. The van der Waals surface area contributed by atoms with Gasteiger partial charge in [0, 0.05) is 22.6 Å². The van der Waals surface area contributed by atoms with Crippen LogP contribution in [0.25, 0.3) is 0 Å². The predicted octanol–water partition coefficient (Wildman–Crippen LogP) is 2.57. The molecule has 0 radical (unpaired) electrons. The molecule has 1 aliphatic rings. The van der Waals surface area contributed by atoms with Crippen molar-refractivity contribution in [1.82, 2.24) is 4.90 Å². The molecule has 1 aliphatic heterocycles. The fourth-order valence-electron chi connectivity index (χ4n) is 2.50. The molecule has 20 heavy (non-hydrogen) atoms. The number of carbonyl (C=O) groups excluding carboxylic acids is 1. The summed E-state index contributed by atoms with van der Waals surface area (Å²) in [5, 5.41) is 0.968. The number of carbonyl (C=O) groups is 1. The zero-order chi connectivity index (χ0) is 14.7. The van der Waals surface area contributed by atoms with E-state index >= 15 is 0 Å². The lowest BCUT2D eigenvalue weighted by Crippen LogP contribution is -2.37. The van der Waals surface area contributed by atoms with Crippen molar-refractivity contribution < 1.29 is 9.53 Å². The van der Waals surface area contributed by atoms with E-state index in [4.69, 9.17) is 33.7 Å². The molecular weight excluding hydrogens is 299 g/mol. The third-order valence-electron chi connectivity index (χ3n) is 3.51. The van der Waals surface area contributed by atoms with E-state index in [-0.39, 0.29) is 18.6 Å². The van der Waals surface area contributed by atoms with E-state index in [1.165, 1.54) is 0 Å². The van der Waals surface area contributed by atoms with Crippen LogP contribution < -0.4 is 10.5 Å². The third-order valence-corrected chi connectivity index (χ3v) is 3.95. The van der Waals surface area contributed by atoms with E-state index < -0.39 is 0 Å². The van der Waals surface area contributed by atoms with Gasteiger partial charge in [-0.2, -0.15) is 0 Å². The molecule has 1 aromatic carbocycles. The fourth-order valence-corrected chi connectivity index (χ4v) is 3.01. The van der Waals surface area contributed by atoms with Crippen LogP contribution >= 0.6 is 23.2 Å². The summed E-state index contributed by atoms with van der Waals surface area (Å²) in [5.41, 5.74) is 5.66. The molecule has 2 atom stereocenters. The van der Waals surface area contributed by atoms with Crippen molar-refractivity contribution >= 4 is 29.1 Å². The van der Waals surface area contributed by atoms with Gasteiger partial charge >= 0.3 is 0 Å². The van der Waals surface area contributed by atoms with Crippen LogP contribution in [-0.4, -0.2) is 36.5 Å². The first-order valence-corrected chi connectivity index (χ1v) is 7.33. The minimum atomic E-state index is -0.0375. The Hall–Kier alpha value is -0.970. The molecule has 2 N–H and O–H groups in total. The standard InChI is InChI=1S/C14H18Cl2N2O2/c1-9-2-10(6-17)7-18(9)14(19)8-20-13-4-11(15)3-12(16)5-13/h3-5,9-10H,2,6-8,17H2,1H3. The fraction of sp³-hybridized carbons (Fsp3) is 0.500. The molecular formula is C14H18Cl2N2O2. The van der Waals surface area contributed by atoms with Crippen LogP contribution in [0.4, 0.5) is 0 Å². The normalized spacial score (nSPS) is 22.1. The number of benzene rings is 1. The number of nitrogens with two attached hydrogens (primary N) is 1. The van der Waals surface area contributed by atoms with Crippen LogP contribution in [0.2, 0.25) is 10.0 Å². The van der Waals surface area contributed by atoms with Gasteiger partial charge in [0.15, 0.2) is 6.61 Å². The van der Waals surface area contributed by atoms with Gasteiger partial charge in [-0.1, -0.05) is 23.2 Å². The summed E-state index contributed by atoms with van der Waals surface area (Å²) < 4.78 is 5.47. The van der Waals surface area contributed by atoms with Crippen molar-refractivity contribution in [2.45, 2.75) is 19.4 Å². The Balaban J connectivity index is 1.92. The van der Waals surface area contributed by atoms with Crippen molar-refractivity contribution in [1.29, 1.82) is 0 Å². The summed E-state index contributed by atoms with van der Waals surface area (Å²) in [5.74, 6) is 0.845. The largest absolute Gasteiger partial charge is 0.484 e. The van der Waals surface area contributed by atoms with Gasteiger partial charge in [0.25, 0.3) is 5.91 Å². The zero-order valence-corrected chi connectivity index (χ0v) is 12.8. The summed E-state index contributed by atoms with van der Waals surface area (Å²) >= 11 is 11.8. The molecule has 6 heteroatoms. The summed E-state index contributed by atoms with van der Waals surface area (Å²) in [6, 6.07) is 5.10. The highest BCUT2D eigenvalue weighted by molar-refractivity contribution is 6.34. The molecule has 2 rings (SSSR count). The minimum absolute atomic E-state index is 0.0156. The Kier molecular flexibility index (Phi) is 5.13. The quantitative estimate of drug-likeness (QED) is 0.928. The number of halogens is 2. The van der Waals surface area contributed by atoms with Gasteiger partial charge in [-0.3, -0.25) is 4.79 Å². The lowest BCUT2D eigenvalue weighted by Gasteiger charge is -2.21. The van der Waals surface area contributed by atoms with E-state index in [2.05, 4.69) is 0 Å². The highest BCUT2D eigenvalue weighted by Crippen LogP contribution is 2.25. The van der Waals surface area contributed by atoms with Gasteiger partial charge in [0.2, 0.25) is 0 Å². The van der Waals surface area contributed by atoms with Crippen LogP contribution in [0.3, 0.4) is 0 Å². The number of hydrogen-bond acceptors (Lipinski definition) is 3. The van der Waals surface area contributed by atoms with Gasteiger partial charge in [-0.05, 0) is 44.0 Å². The Morgan fingerprint density at radius 1 is 1.40 bits per heavy atom. The van der Waals surface area contributed by atoms with E-state index in [0.717, 1.165) is 6.42 Å².